The van der Waals surface area contributed by atoms with Gasteiger partial charge in [-0.05, 0) is 23.8 Å². The smallest absolute Gasteiger partial charge is 0.307 e. The van der Waals surface area contributed by atoms with Crippen LogP contribution >= 0.6 is 0 Å². The van der Waals surface area contributed by atoms with Crippen LogP contribution in [0.15, 0.2) is 47.6 Å². The summed E-state index contributed by atoms with van der Waals surface area (Å²) in [5, 5.41) is 8.71. The van der Waals surface area contributed by atoms with Crippen LogP contribution in [0.25, 0.3) is 0 Å². The van der Waals surface area contributed by atoms with E-state index in [9.17, 15) is 17.6 Å². The van der Waals surface area contributed by atoms with Gasteiger partial charge in [0.1, 0.15) is 10.7 Å². The van der Waals surface area contributed by atoms with Gasteiger partial charge in [0.15, 0.2) is 0 Å². The summed E-state index contributed by atoms with van der Waals surface area (Å²) in [6.07, 6.45) is 1.69. The van der Waals surface area contributed by atoms with Crippen LogP contribution in [0.1, 0.15) is 5.56 Å². The summed E-state index contributed by atoms with van der Waals surface area (Å²) in [6, 6.07) is 6.81. The number of nitrogens with one attached hydrogen (secondary N) is 1. The van der Waals surface area contributed by atoms with Crippen molar-refractivity contribution in [1.82, 2.24) is 4.98 Å². The topological polar surface area (TPSA) is 96.4 Å². The van der Waals surface area contributed by atoms with Gasteiger partial charge in [0.2, 0.25) is 0 Å². The van der Waals surface area contributed by atoms with Gasteiger partial charge in [-0.3, -0.25) is 14.5 Å². The van der Waals surface area contributed by atoms with Crippen LogP contribution in [-0.4, -0.2) is 24.5 Å². The molecule has 110 valence electrons. The molecular formula is C13H11FN2O4S. The molecule has 1 heterocycles. The van der Waals surface area contributed by atoms with Crippen molar-refractivity contribution in [3.8, 4) is 0 Å². The number of nitrogens with zero attached hydrogens (tertiary/aromatic N) is 1. The van der Waals surface area contributed by atoms with E-state index >= 15 is 0 Å². The molecule has 1 aromatic heterocycles. The summed E-state index contributed by atoms with van der Waals surface area (Å²) >= 11 is 0. The summed E-state index contributed by atoms with van der Waals surface area (Å²) in [5.41, 5.74) is 0.637. The van der Waals surface area contributed by atoms with Crippen molar-refractivity contribution in [1.29, 1.82) is 0 Å². The summed E-state index contributed by atoms with van der Waals surface area (Å²) in [6.45, 7) is 0. The Morgan fingerprint density at radius 1 is 1.29 bits per heavy atom. The lowest BCUT2D eigenvalue weighted by Crippen LogP contribution is -2.13. The highest BCUT2D eigenvalue weighted by molar-refractivity contribution is 7.92. The number of aliphatic carboxylic acids is 1. The van der Waals surface area contributed by atoms with Crippen LogP contribution in [0.5, 0.6) is 0 Å². The summed E-state index contributed by atoms with van der Waals surface area (Å²) in [5.74, 6) is -1.79. The molecule has 2 N–H and O–H groups in total. The molecule has 6 nitrogen and oxygen atoms in total. The average molecular weight is 310 g/mol. The van der Waals surface area contributed by atoms with Crippen LogP contribution in [0, 0.1) is 5.82 Å². The summed E-state index contributed by atoms with van der Waals surface area (Å²) < 4.78 is 39.4. The molecule has 0 bridgehead atoms. The van der Waals surface area contributed by atoms with Gasteiger partial charge < -0.3 is 5.11 Å². The van der Waals surface area contributed by atoms with Gasteiger partial charge in [0.25, 0.3) is 10.0 Å². The zero-order valence-electron chi connectivity index (χ0n) is 10.7. The van der Waals surface area contributed by atoms with Crippen LogP contribution in [0.4, 0.5) is 10.1 Å². The number of carboxylic acid groups (broad SMARTS) is 1. The molecule has 0 saturated heterocycles. The maximum atomic E-state index is 13.0. The van der Waals surface area contributed by atoms with Gasteiger partial charge >= 0.3 is 5.97 Å². The summed E-state index contributed by atoms with van der Waals surface area (Å²) in [4.78, 5) is 13.8. The molecule has 0 fully saturated rings. The van der Waals surface area contributed by atoms with E-state index in [-0.39, 0.29) is 17.0 Å². The molecule has 0 aliphatic heterocycles. The van der Waals surface area contributed by atoms with Gasteiger partial charge in [0.05, 0.1) is 12.6 Å². The Morgan fingerprint density at radius 3 is 2.71 bits per heavy atom. The number of aromatic nitrogens is 1. The largest absolute Gasteiger partial charge is 0.481 e. The second kappa shape index (κ2) is 5.88. The number of hydrogen-bond donors (Lipinski definition) is 2. The lowest BCUT2D eigenvalue weighted by atomic mass is 10.1. The third-order valence-corrected chi connectivity index (χ3v) is 3.87. The van der Waals surface area contributed by atoms with E-state index in [1.807, 2.05) is 0 Å². The predicted molar refractivity (Wildman–Crippen MR) is 72.8 cm³/mol. The molecule has 0 unspecified atom stereocenters. The van der Waals surface area contributed by atoms with E-state index in [2.05, 4.69) is 9.71 Å². The molecule has 21 heavy (non-hydrogen) atoms. The predicted octanol–water partition coefficient (Wildman–Crippen LogP) is 1.65. The molecule has 2 aromatic rings. The Kier molecular flexibility index (Phi) is 4.18. The molecule has 2 rings (SSSR count). The third kappa shape index (κ3) is 3.99. The van der Waals surface area contributed by atoms with Crippen LogP contribution < -0.4 is 4.72 Å². The zero-order chi connectivity index (χ0) is 15.5. The van der Waals surface area contributed by atoms with E-state index in [0.717, 1.165) is 18.5 Å². The van der Waals surface area contributed by atoms with Crippen molar-refractivity contribution in [2.24, 2.45) is 0 Å². The van der Waals surface area contributed by atoms with E-state index in [0.29, 0.717) is 5.56 Å². The van der Waals surface area contributed by atoms with Crippen LogP contribution in [0.3, 0.4) is 0 Å². The first kappa shape index (κ1) is 14.9. The minimum absolute atomic E-state index is 0.193. The Bertz CT molecular complexity index is 777. The van der Waals surface area contributed by atoms with Gasteiger partial charge in [-0.15, -0.1) is 0 Å². The monoisotopic (exact) mass is 310 g/mol. The standard InChI is InChI=1S/C13H11FN2O4S/c14-10-6-12(8-15-7-10)21(19,20)16-11-3-1-2-9(4-11)5-13(17)18/h1-4,6-8,16H,5H2,(H,17,18). The third-order valence-electron chi connectivity index (χ3n) is 2.52. The number of pyridine rings is 1. The minimum atomic E-state index is -3.98. The average Bonchev–Trinajstić information content (AvgIpc) is 2.37. The van der Waals surface area contributed by atoms with E-state index in [4.69, 9.17) is 5.11 Å². The Labute approximate surface area is 120 Å². The first-order chi connectivity index (χ1) is 9.87. The molecule has 0 radical (unpaired) electrons. The van der Waals surface area contributed by atoms with Crippen LogP contribution in [0.2, 0.25) is 0 Å². The first-order valence-electron chi connectivity index (χ1n) is 5.81. The highest BCUT2D eigenvalue weighted by Gasteiger charge is 2.15. The fraction of sp³-hybridized carbons (Fsp3) is 0.0769. The number of hydrogen-bond acceptors (Lipinski definition) is 4. The molecule has 8 heteroatoms. The number of sulfonamides is 1. The van der Waals surface area contributed by atoms with Crippen molar-refractivity contribution >= 4 is 21.7 Å². The molecular weight excluding hydrogens is 299 g/mol. The SMILES string of the molecule is O=C(O)Cc1cccc(NS(=O)(=O)c2cncc(F)c2)c1. The van der Waals surface area contributed by atoms with Crippen molar-refractivity contribution in [3.63, 3.8) is 0 Å². The number of carbonyl (C=O) groups is 1. The zero-order valence-corrected chi connectivity index (χ0v) is 11.5. The van der Waals surface area contributed by atoms with Crippen molar-refractivity contribution in [2.75, 3.05) is 4.72 Å². The highest BCUT2D eigenvalue weighted by Crippen LogP contribution is 2.17. The lowest BCUT2D eigenvalue weighted by molar-refractivity contribution is -0.136. The molecule has 0 amide bonds. The second-order valence-corrected chi connectivity index (χ2v) is 5.90. The van der Waals surface area contributed by atoms with Gasteiger partial charge in [-0.2, -0.15) is 0 Å². The lowest BCUT2D eigenvalue weighted by Gasteiger charge is -2.08. The molecule has 0 atom stereocenters. The highest BCUT2D eigenvalue weighted by atomic mass is 32.2. The number of benzene rings is 1. The summed E-state index contributed by atoms with van der Waals surface area (Å²) in [7, 11) is -3.98. The number of rotatable bonds is 5. The minimum Gasteiger partial charge on any atom is -0.481 e. The molecule has 1 aromatic carbocycles. The van der Waals surface area contributed by atoms with E-state index in [1.54, 1.807) is 6.07 Å². The molecule has 0 aliphatic rings. The quantitative estimate of drug-likeness (QED) is 0.875. The first-order valence-corrected chi connectivity index (χ1v) is 7.29. The fourth-order valence-corrected chi connectivity index (χ4v) is 2.70. The van der Waals surface area contributed by atoms with Crippen molar-refractivity contribution in [2.45, 2.75) is 11.3 Å². The Hall–Kier alpha value is -2.48. The molecule has 0 aliphatic carbocycles. The van der Waals surface area contributed by atoms with Crippen molar-refractivity contribution < 1.29 is 22.7 Å². The number of halogens is 1. The number of anilines is 1. The maximum absolute atomic E-state index is 13.0. The maximum Gasteiger partial charge on any atom is 0.307 e. The van der Waals surface area contributed by atoms with Gasteiger partial charge in [-0.1, -0.05) is 12.1 Å². The van der Waals surface area contributed by atoms with E-state index < -0.39 is 21.8 Å². The molecule has 0 saturated carbocycles. The second-order valence-electron chi connectivity index (χ2n) is 4.22. The van der Waals surface area contributed by atoms with E-state index in [1.165, 1.54) is 18.2 Å². The normalized spacial score (nSPS) is 11.1. The van der Waals surface area contributed by atoms with Crippen molar-refractivity contribution in [3.05, 3.63) is 54.1 Å². The molecule has 0 spiro atoms. The van der Waals surface area contributed by atoms with Gasteiger partial charge in [-0.25, -0.2) is 12.8 Å². The Morgan fingerprint density at radius 2 is 2.05 bits per heavy atom. The van der Waals surface area contributed by atoms with Gasteiger partial charge in [0, 0.05) is 11.9 Å². The number of carboxylic acids is 1. The van der Waals surface area contributed by atoms with Crippen LogP contribution in [-0.2, 0) is 21.2 Å². The Balaban J connectivity index is 2.26. The fourth-order valence-electron chi connectivity index (χ4n) is 1.67.